The Morgan fingerprint density at radius 3 is 2.17 bits per heavy atom. The van der Waals surface area contributed by atoms with Crippen LogP contribution in [-0.4, -0.2) is 4.57 Å². The second-order valence-corrected chi connectivity index (χ2v) is 8.74. The van der Waals surface area contributed by atoms with Gasteiger partial charge < -0.3 is 0 Å². The molecule has 30 heavy (non-hydrogen) atoms. The Morgan fingerprint density at radius 2 is 1.47 bits per heavy atom. The molecule has 3 rings (SSSR count). The fourth-order valence-electron chi connectivity index (χ4n) is 4.36. The Balaban J connectivity index is 1.74. The van der Waals surface area contributed by atoms with Crippen molar-refractivity contribution >= 4 is 0 Å². The van der Waals surface area contributed by atoms with E-state index in [4.69, 9.17) is 0 Å². The van der Waals surface area contributed by atoms with Gasteiger partial charge in [-0.15, -0.1) is 0 Å². The quantitative estimate of drug-likeness (QED) is 0.238. The molecule has 0 bridgehead atoms. The highest BCUT2D eigenvalue weighted by molar-refractivity contribution is 5.21. The summed E-state index contributed by atoms with van der Waals surface area (Å²) >= 11 is 0. The maximum Gasteiger partial charge on any atom is 0.260 e. The first-order valence-corrected chi connectivity index (χ1v) is 11.8. The van der Waals surface area contributed by atoms with Gasteiger partial charge in [-0.05, 0) is 29.9 Å². The summed E-state index contributed by atoms with van der Waals surface area (Å²) in [6, 6.07) is 21.8. The van der Waals surface area contributed by atoms with Crippen molar-refractivity contribution < 1.29 is 4.57 Å². The van der Waals surface area contributed by atoms with Crippen LogP contribution in [0.3, 0.4) is 0 Å². The highest BCUT2D eigenvalue weighted by atomic mass is 15.1. The maximum atomic E-state index is 2.53. The van der Waals surface area contributed by atoms with E-state index in [1.807, 2.05) is 0 Å². The number of aryl methyl sites for hydroxylation is 1. The van der Waals surface area contributed by atoms with Crippen LogP contribution in [-0.2, 0) is 26.4 Å². The minimum Gasteiger partial charge on any atom is -0.234 e. The van der Waals surface area contributed by atoms with Gasteiger partial charge in [0, 0.05) is 6.42 Å². The van der Waals surface area contributed by atoms with E-state index >= 15 is 0 Å². The summed E-state index contributed by atoms with van der Waals surface area (Å²) < 4.78 is 4.98. The first kappa shape index (κ1) is 22.3. The number of hydrogen-bond acceptors (Lipinski definition) is 0. The van der Waals surface area contributed by atoms with E-state index in [0.717, 1.165) is 19.4 Å². The molecule has 0 fully saturated rings. The molecule has 1 atom stereocenters. The molecule has 1 heterocycles. The molecule has 2 heteroatoms. The lowest BCUT2D eigenvalue weighted by molar-refractivity contribution is -0.685. The maximum absolute atomic E-state index is 2.53. The third-order valence-corrected chi connectivity index (χ3v) is 6.30. The first-order chi connectivity index (χ1) is 14.7. The minimum atomic E-state index is 0.520. The van der Waals surface area contributed by atoms with Crippen LogP contribution >= 0.6 is 0 Å². The van der Waals surface area contributed by atoms with Crippen LogP contribution < -0.4 is 4.57 Å². The Labute approximate surface area is 183 Å². The Bertz CT molecular complexity index is 864. The van der Waals surface area contributed by atoms with Crippen molar-refractivity contribution in [2.24, 2.45) is 7.05 Å². The summed E-state index contributed by atoms with van der Waals surface area (Å²) in [5.74, 6) is 1.94. The van der Waals surface area contributed by atoms with Crippen LogP contribution in [0.5, 0.6) is 0 Å². The smallest absolute Gasteiger partial charge is 0.234 e. The van der Waals surface area contributed by atoms with E-state index in [2.05, 4.69) is 96.9 Å². The van der Waals surface area contributed by atoms with Crippen LogP contribution in [0.2, 0.25) is 0 Å². The molecule has 0 saturated carbocycles. The van der Waals surface area contributed by atoms with E-state index in [9.17, 15) is 0 Å². The zero-order chi connectivity index (χ0) is 21.2. The monoisotopic (exact) mass is 403 g/mol. The number of hydrogen-bond donors (Lipinski definition) is 0. The summed E-state index contributed by atoms with van der Waals surface area (Å²) in [5, 5.41) is 0. The third-order valence-electron chi connectivity index (χ3n) is 6.30. The fourth-order valence-corrected chi connectivity index (χ4v) is 4.36. The summed E-state index contributed by atoms with van der Waals surface area (Å²) in [6.07, 6.45) is 12.5. The molecular formula is C28H39N2+. The molecule has 0 radical (unpaired) electrons. The number of rotatable bonds is 12. The van der Waals surface area contributed by atoms with E-state index in [-0.39, 0.29) is 0 Å². The van der Waals surface area contributed by atoms with E-state index in [1.165, 1.54) is 61.2 Å². The van der Waals surface area contributed by atoms with Crippen LogP contribution in [0.1, 0.15) is 80.9 Å². The molecule has 0 aliphatic rings. The average molecular weight is 404 g/mol. The van der Waals surface area contributed by atoms with Crippen LogP contribution in [0.15, 0.2) is 66.9 Å². The second-order valence-electron chi connectivity index (χ2n) is 8.74. The van der Waals surface area contributed by atoms with Crippen molar-refractivity contribution in [3.8, 4) is 0 Å². The predicted octanol–water partition coefficient (Wildman–Crippen LogP) is 6.61. The first-order valence-electron chi connectivity index (χ1n) is 11.8. The highest BCUT2D eigenvalue weighted by Crippen LogP contribution is 2.20. The van der Waals surface area contributed by atoms with Gasteiger partial charge in [0.25, 0.3) is 5.82 Å². The second kappa shape index (κ2) is 11.7. The van der Waals surface area contributed by atoms with E-state index in [1.54, 1.807) is 0 Å². The summed E-state index contributed by atoms with van der Waals surface area (Å²) in [7, 11) is 2.25. The lowest BCUT2D eigenvalue weighted by Gasteiger charge is -2.10. The molecule has 0 amide bonds. The van der Waals surface area contributed by atoms with Crippen LogP contribution in [0.25, 0.3) is 0 Å². The highest BCUT2D eigenvalue weighted by Gasteiger charge is 2.22. The fraction of sp³-hybridized carbons (Fsp3) is 0.464. The van der Waals surface area contributed by atoms with Crippen molar-refractivity contribution in [2.75, 3.05) is 0 Å². The SMILES string of the molecule is CCCCCCCCn1cc(CC(C)c2ccccc2)[n+](C)c1Cc1ccccc1. The molecule has 1 unspecified atom stereocenters. The molecule has 0 spiro atoms. The van der Waals surface area contributed by atoms with Gasteiger partial charge in [0.1, 0.15) is 11.9 Å². The Morgan fingerprint density at radius 1 is 0.833 bits per heavy atom. The molecular weight excluding hydrogens is 364 g/mol. The van der Waals surface area contributed by atoms with Gasteiger partial charge in [0.05, 0.1) is 20.0 Å². The normalized spacial score (nSPS) is 12.2. The molecule has 0 aliphatic carbocycles. The molecule has 160 valence electrons. The van der Waals surface area contributed by atoms with Crippen molar-refractivity contribution in [3.63, 3.8) is 0 Å². The minimum absolute atomic E-state index is 0.520. The number of aromatic nitrogens is 2. The standard InChI is InChI=1S/C28H39N2/c1-4-5-6-7-8-15-20-30-23-27(21-24(2)26-18-13-10-14-19-26)29(3)28(30)22-25-16-11-9-12-17-25/h9-14,16-19,23-24H,4-8,15,20-22H2,1-3H3/q+1. The topological polar surface area (TPSA) is 8.81 Å². The summed E-state index contributed by atoms with van der Waals surface area (Å²) in [6.45, 7) is 5.76. The molecule has 0 N–H and O–H groups in total. The zero-order valence-corrected chi connectivity index (χ0v) is 19.2. The number of benzene rings is 2. The molecule has 0 saturated heterocycles. The van der Waals surface area contributed by atoms with Gasteiger partial charge in [0.2, 0.25) is 0 Å². The predicted molar refractivity (Wildman–Crippen MR) is 127 cm³/mol. The number of imidazole rings is 1. The zero-order valence-electron chi connectivity index (χ0n) is 19.2. The Kier molecular flexibility index (Phi) is 8.74. The van der Waals surface area contributed by atoms with E-state index < -0.39 is 0 Å². The van der Waals surface area contributed by atoms with Gasteiger partial charge in [-0.1, -0.05) is 100 Å². The van der Waals surface area contributed by atoms with Gasteiger partial charge in [-0.3, -0.25) is 0 Å². The molecule has 2 aromatic carbocycles. The lowest BCUT2D eigenvalue weighted by atomic mass is 9.96. The van der Waals surface area contributed by atoms with Gasteiger partial charge in [-0.2, -0.15) is 0 Å². The van der Waals surface area contributed by atoms with E-state index in [0.29, 0.717) is 5.92 Å². The van der Waals surface area contributed by atoms with Crippen LogP contribution in [0.4, 0.5) is 0 Å². The number of unbranched alkanes of at least 4 members (excludes halogenated alkanes) is 5. The van der Waals surface area contributed by atoms with Crippen molar-refractivity contribution in [1.82, 2.24) is 4.57 Å². The van der Waals surface area contributed by atoms with Gasteiger partial charge in [-0.25, -0.2) is 9.13 Å². The number of nitrogens with zero attached hydrogens (tertiary/aromatic N) is 2. The van der Waals surface area contributed by atoms with Crippen molar-refractivity contribution in [1.29, 1.82) is 0 Å². The molecule has 2 nitrogen and oxygen atoms in total. The van der Waals surface area contributed by atoms with Crippen LogP contribution in [0, 0.1) is 0 Å². The molecule has 1 aromatic heterocycles. The molecule has 0 aliphatic heterocycles. The average Bonchev–Trinajstić information content (AvgIpc) is 3.06. The Hall–Kier alpha value is -2.35. The summed E-state index contributed by atoms with van der Waals surface area (Å²) in [4.78, 5) is 0. The lowest BCUT2D eigenvalue weighted by Crippen LogP contribution is -2.37. The third kappa shape index (κ3) is 6.32. The largest absolute Gasteiger partial charge is 0.260 e. The molecule has 3 aromatic rings. The van der Waals surface area contributed by atoms with Gasteiger partial charge >= 0.3 is 0 Å². The van der Waals surface area contributed by atoms with Crippen molar-refractivity contribution in [3.05, 3.63) is 89.5 Å². The summed E-state index contributed by atoms with van der Waals surface area (Å²) in [5.41, 5.74) is 4.24. The van der Waals surface area contributed by atoms with Crippen molar-refractivity contribution in [2.45, 2.75) is 77.7 Å². The van der Waals surface area contributed by atoms with Gasteiger partial charge in [0.15, 0.2) is 0 Å².